The van der Waals surface area contributed by atoms with Gasteiger partial charge in [0.2, 0.25) is 10.0 Å². The lowest BCUT2D eigenvalue weighted by Gasteiger charge is -2.01. The predicted octanol–water partition coefficient (Wildman–Crippen LogP) is 1.46. The molecule has 2 aromatic rings. The third-order valence-electron chi connectivity index (χ3n) is 2.73. The van der Waals surface area contributed by atoms with Crippen molar-refractivity contribution in [2.45, 2.75) is 11.3 Å². The summed E-state index contributed by atoms with van der Waals surface area (Å²) in [7, 11) is -3.66. The molecule has 0 unspecified atom stereocenters. The van der Waals surface area contributed by atoms with Gasteiger partial charge in [-0.1, -0.05) is 23.7 Å². The first-order valence-corrected chi connectivity index (χ1v) is 7.90. The van der Waals surface area contributed by atoms with Crippen LogP contribution in [0.4, 0.5) is 5.82 Å². The number of nitrogens with one attached hydrogen (secondary N) is 2. The van der Waals surface area contributed by atoms with Gasteiger partial charge in [0, 0.05) is 17.5 Å². The normalized spacial score (nSPS) is 11.3. The topological polar surface area (TPSA) is 86.3 Å². The molecule has 0 saturated carbocycles. The molecule has 0 bridgehead atoms. The van der Waals surface area contributed by atoms with Gasteiger partial charge < -0.3 is 0 Å². The summed E-state index contributed by atoms with van der Waals surface area (Å²) >= 11 is 5.91. The van der Waals surface area contributed by atoms with Crippen molar-refractivity contribution < 1.29 is 13.4 Å². The molecule has 1 heterocycles. The zero-order valence-corrected chi connectivity index (χ0v) is 12.2. The van der Waals surface area contributed by atoms with E-state index < -0.39 is 10.0 Å². The number of pyridine rings is 1. The van der Waals surface area contributed by atoms with Crippen LogP contribution in [0, 0.1) is 0 Å². The maximum Gasteiger partial charge on any atom is 0.272 e. The van der Waals surface area contributed by atoms with E-state index in [0.717, 1.165) is 17.8 Å². The minimum atomic E-state index is -3.66. The van der Waals surface area contributed by atoms with Crippen molar-refractivity contribution in [1.29, 1.82) is 0 Å². The number of halogens is 1. The Morgan fingerprint density at radius 2 is 2.05 bits per heavy atom. The number of nitrogens with two attached hydrogens (primary N) is 1. The Balaban J connectivity index is 1.92. The fourth-order valence-electron chi connectivity index (χ4n) is 1.73. The summed E-state index contributed by atoms with van der Waals surface area (Å²) in [6, 6.07) is 10.7. The fraction of sp³-hybridized carbons (Fsp3) is 0.154. The maximum atomic E-state index is 11.1. The van der Waals surface area contributed by atoms with E-state index in [1.165, 1.54) is 12.3 Å². The first-order valence-electron chi connectivity index (χ1n) is 5.98. The van der Waals surface area contributed by atoms with Gasteiger partial charge in [0.05, 0.1) is 6.54 Å². The SMILES string of the molecule is NS(=O)(=O)c1ccc(NCCc2cccc(Cl)c2)[nH+]c1. The standard InChI is InChI=1S/C13H14ClN3O2S/c14-11-3-1-2-10(8-11)6-7-16-13-5-4-12(9-17-13)20(15,18)19/h1-5,8-9H,6-7H2,(H,16,17)(H2,15,18,19)/p+1. The molecule has 7 heteroatoms. The summed E-state index contributed by atoms with van der Waals surface area (Å²) in [6.07, 6.45) is 2.17. The van der Waals surface area contributed by atoms with E-state index in [-0.39, 0.29) is 4.90 Å². The molecule has 0 spiro atoms. The van der Waals surface area contributed by atoms with E-state index in [1.807, 2.05) is 24.3 Å². The first kappa shape index (κ1) is 14.8. The third-order valence-corrected chi connectivity index (χ3v) is 3.88. The summed E-state index contributed by atoms with van der Waals surface area (Å²) in [4.78, 5) is 2.90. The van der Waals surface area contributed by atoms with Crippen LogP contribution in [0.2, 0.25) is 5.02 Å². The molecule has 0 aliphatic heterocycles. The molecule has 0 aliphatic carbocycles. The van der Waals surface area contributed by atoms with Gasteiger partial charge in [-0.3, -0.25) is 5.32 Å². The van der Waals surface area contributed by atoms with Crippen LogP contribution in [-0.2, 0) is 16.4 Å². The number of rotatable bonds is 5. The lowest BCUT2D eigenvalue weighted by molar-refractivity contribution is -0.364. The second-order valence-corrected chi connectivity index (χ2v) is 6.29. The summed E-state index contributed by atoms with van der Waals surface area (Å²) in [5, 5.41) is 8.89. The second kappa shape index (κ2) is 6.21. The van der Waals surface area contributed by atoms with Gasteiger partial charge in [-0.15, -0.1) is 0 Å². The minimum Gasteiger partial charge on any atom is -0.274 e. The average Bonchev–Trinajstić information content (AvgIpc) is 2.38. The molecule has 5 nitrogen and oxygen atoms in total. The quantitative estimate of drug-likeness (QED) is 0.876. The molecule has 1 aromatic heterocycles. The van der Waals surface area contributed by atoms with E-state index in [4.69, 9.17) is 16.7 Å². The molecule has 4 N–H and O–H groups in total. The van der Waals surface area contributed by atoms with Gasteiger partial charge in [0.25, 0.3) is 5.82 Å². The number of aromatic nitrogens is 1. The van der Waals surface area contributed by atoms with E-state index in [0.29, 0.717) is 11.6 Å². The summed E-state index contributed by atoms with van der Waals surface area (Å²) in [5.74, 6) is 0.722. The van der Waals surface area contributed by atoms with Crippen LogP contribution >= 0.6 is 11.6 Å². The highest BCUT2D eigenvalue weighted by molar-refractivity contribution is 7.89. The molecule has 0 radical (unpaired) electrons. The molecule has 0 aliphatic rings. The largest absolute Gasteiger partial charge is 0.274 e. The van der Waals surface area contributed by atoms with E-state index >= 15 is 0 Å². The lowest BCUT2D eigenvalue weighted by Crippen LogP contribution is -2.19. The molecule has 0 fully saturated rings. The summed E-state index contributed by atoms with van der Waals surface area (Å²) in [5.41, 5.74) is 1.13. The predicted molar refractivity (Wildman–Crippen MR) is 78.0 cm³/mol. The Hall–Kier alpha value is -1.63. The van der Waals surface area contributed by atoms with Crippen LogP contribution in [-0.4, -0.2) is 15.0 Å². The minimum absolute atomic E-state index is 0.0536. The number of hydrogen-bond acceptors (Lipinski definition) is 3. The van der Waals surface area contributed by atoms with Gasteiger partial charge in [0.1, 0.15) is 11.1 Å². The maximum absolute atomic E-state index is 11.1. The molecule has 0 amide bonds. The molecular weight excluding hydrogens is 298 g/mol. The van der Waals surface area contributed by atoms with Crippen molar-refractivity contribution in [3.63, 3.8) is 0 Å². The number of anilines is 1. The van der Waals surface area contributed by atoms with Gasteiger partial charge in [-0.2, -0.15) is 0 Å². The van der Waals surface area contributed by atoms with Gasteiger partial charge in [-0.05, 0) is 23.8 Å². The lowest BCUT2D eigenvalue weighted by atomic mass is 10.1. The number of aromatic amines is 1. The Morgan fingerprint density at radius 3 is 2.65 bits per heavy atom. The Kier molecular flexibility index (Phi) is 4.59. The van der Waals surface area contributed by atoms with Crippen molar-refractivity contribution in [2.24, 2.45) is 5.14 Å². The molecule has 20 heavy (non-hydrogen) atoms. The zero-order chi connectivity index (χ0) is 14.6. The van der Waals surface area contributed by atoms with E-state index in [1.54, 1.807) is 6.07 Å². The molecule has 2 rings (SSSR count). The van der Waals surface area contributed by atoms with Crippen LogP contribution in [0.15, 0.2) is 47.5 Å². The average molecular weight is 313 g/mol. The van der Waals surface area contributed by atoms with Crippen molar-refractivity contribution in [3.05, 3.63) is 53.2 Å². The van der Waals surface area contributed by atoms with E-state index in [9.17, 15) is 8.42 Å². The Morgan fingerprint density at radius 1 is 1.25 bits per heavy atom. The van der Waals surface area contributed by atoms with Gasteiger partial charge in [0.15, 0.2) is 0 Å². The molecule has 0 atom stereocenters. The third kappa shape index (κ3) is 4.19. The van der Waals surface area contributed by atoms with Crippen LogP contribution in [0.25, 0.3) is 0 Å². The van der Waals surface area contributed by atoms with Crippen LogP contribution in [0.1, 0.15) is 5.56 Å². The monoisotopic (exact) mass is 312 g/mol. The molecule has 0 saturated heterocycles. The number of benzene rings is 1. The Bertz CT molecular complexity index is 687. The fourth-order valence-corrected chi connectivity index (χ4v) is 2.43. The van der Waals surface area contributed by atoms with Crippen LogP contribution in [0.5, 0.6) is 0 Å². The van der Waals surface area contributed by atoms with Crippen LogP contribution < -0.4 is 15.4 Å². The highest BCUT2D eigenvalue weighted by Gasteiger charge is 2.10. The smallest absolute Gasteiger partial charge is 0.272 e. The van der Waals surface area contributed by atoms with Crippen LogP contribution in [0.3, 0.4) is 0 Å². The van der Waals surface area contributed by atoms with Crippen molar-refractivity contribution >= 4 is 27.4 Å². The van der Waals surface area contributed by atoms with Crippen molar-refractivity contribution in [3.8, 4) is 0 Å². The highest BCUT2D eigenvalue weighted by Crippen LogP contribution is 2.11. The molecule has 1 aromatic carbocycles. The molecule has 106 valence electrons. The number of H-pyrrole nitrogens is 1. The van der Waals surface area contributed by atoms with Gasteiger partial charge >= 0.3 is 0 Å². The number of primary sulfonamides is 1. The summed E-state index contributed by atoms with van der Waals surface area (Å²) in [6.45, 7) is 0.700. The number of sulfonamides is 1. The summed E-state index contributed by atoms with van der Waals surface area (Å²) < 4.78 is 22.2. The highest BCUT2D eigenvalue weighted by atomic mass is 35.5. The van der Waals surface area contributed by atoms with Crippen molar-refractivity contribution in [1.82, 2.24) is 0 Å². The van der Waals surface area contributed by atoms with E-state index in [2.05, 4.69) is 10.3 Å². The van der Waals surface area contributed by atoms with Gasteiger partial charge in [-0.25, -0.2) is 18.5 Å². The Labute approximate surface area is 122 Å². The number of hydrogen-bond donors (Lipinski definition) is 2. The van der Waals surface area contributed by atoms with Crippen molar-refractivity contribution in [2.75, 3.05) is 11.9 Å². The second-order valence-electron chi connectivity index (χ2n) is 4.29. The zero-order valence-electron chi connectivity index (χ0n) is 10.6. The first-order chi connectivity index (χ1) is 9.45. The molecular formula is C13H15ClN3O2S+.